The van der Waals surface area contributed by atoms with E-state index >= 15 is 0 Å². The molecule has 0 heterocycles. The Bertz CT molecular complexity index is 1260. The normalized spacial score (nSPS) is 35.0. The van der Waals surface area contributed by atoms with Crippen LogP contribution in [0.3, 0.4) is 0 Å². The molecule has 4 aliphatic rings. The van der Waals surface area contributed by atoms with Crippen LogP contribution in [0.4, 0.5) is 0 Å². The van der Waals surface area contributed by atoms with E-state index in [1.165, 1.54) is 28.5 Å². The Morgan fingerprint density at radius 2 is 1.85 bits per heavy atom. The van der Waals surface area contributed by atoms with E-state index in [-0.39, 0.29) is 22.9 Å². The molecule has 4 nitrogen and oxygen atoms in total. The molecule has 0 unspecified atom stereocenters. The molecule has 0 spiro atoms. The van der Waals surface area contributed by atoms with Gasteiger partial charge in [-0.05, 0) is 85.6 Å². The van der Waals surface area contributed by atoms with Crippen molar-refractivity contribution in [3.63, 3.8) is 0 Å². The molecule has 0 aliphatic heterocycles. The van der Waals surface area contributed by atoms with Crippen LogP contribution in [0.15, 0.2) is 47.1 Å². The van der Waals surface area contributed by atoms with E-state index in [9.17, 15) is 18.3 Å². The molecule has 1 aromatic rings. The van der Waals surface area contributed by atoms with E-state index in [4.69, 9.17) is 0 Å². The van der Waals surface area contributed by atoms with Crippen molar-refractivity contribution in [2.24, 2.45) is 17.3 Å². The summed E-state index contributed by atoms with van der Waals surface area (Å²) < 4.78 is 23.6. The summed E-state index contributed by atoms with van der Waals surface area (Å²) in [5, 5.41) is 11.7. The molecule has 5 rings (SSSR count). The second kappa shape index (κ2) is 8.21. The van der Waals surface area contributed by atoms with E-state index in [2.05, 4.69) is 30.9 Å². The molecule has 5 atom stereocenters. The van der Waals surface area contributed by atoms with Crippen LogP contribution < -0.4 is 0 Å². The van der Waals surface area contributed by atoms with Gasteiger partial charge in [0.25, 0.3) is 0 Å². The van der Waals surface area contributed by atoms with Crippen molar-refractivity contribution in [1.82, 2.24) is 0 Å². The van der Waals surface area contributed by atoms with Gasteiger partial charge in [0, 0.05) is 24.0 Å². The van der Waals surface area contributed by atoms with E-state index in [0.717, 1.165) is 37.7 Å². The van der Waals surface area contributed by atoms with E-state index < -0.39 is 15.4 Å². The fourth-order valence-corrected chi connectivity index (χ4v) is 8.32. The highest BCUT2D eigenvalue weighted by Crippen LogP contribution is 2.66. The Morgan fingerprint density at radius 3 is 2.53 bits per heavy atom. The lowest BCUT2D eigenvalue weighted by Gasteiger charge is -2.53. The highest BCUT2D eigenvalue weighted by atomic mass is 32.2. The van der Waals surface area contributed by atoms with E-state index in [1.807, 2.05) is 18.2 Å². The Labute approximate surface area is 203 Å². The van der Waals surface area contributed by atoms with Crippen molar-refractivity contribution in [3.05, 3.63) is 58.2 Å². The molecule has 1 aromatic carbocycles. The number of sulfone groups is 1. The van der Waals surface area contributed by atoms with Crippen molar-refractivity contribution < 1.29 is 18.3 Å². The largest absolute Gasteiger partial charge is 0.377 e. The second-order valence-corrected chi connectivity index (χ2v) is 13.2. The first-order chi connectivity index (χ1) is 16.0. The van der Waals surface area contributed by atoms with E-state index in [1.54, 1.807) is 6.92 Å². The number of carbonyl (C=O) groups excluding carboxylic acids is 1. The predicted molar refractivity (Wildman–Crippen MR) is 134 cm³/mol. The standard InChI is InChI=1S/C29H34O4S/c1-4-14-29(31)15-13-26-24-11-9-21-16-22(30)10-12-23(21)27(24)25(17-28(26,29)2)20-7-5-19(6-8-20)18-34(3,32)33/h5-8,16,24-26,31H,9-13,15,17-18H2,1-3H3/t24-,25+,26-,28-,29-/m0/s1. The van der Waals surface area contributed by atoms with Crippen LogP contribution in [0.1, 0.15) is 75.8 Å². The van der Waals surface area contributed by atoms with Crippen LogP contribution in [0, 0.1) is 29.1 Å². The highest BCUT2D eigenvalue weighted by Gasteiger charge is 2.62. The maximum absolute atomic E-state index is 12.2. The van der Waals surface area contributed by atoms with Gasteiger partial charge in [-0.2, -0.15) is 0 Å². The third-order valence-corrected chi connectivity index (χ3v) is 9.89. The first-order valence-electron chi connectivity index (χ1n) is 12.4. The molecule has 5 heteroatoms. The molecule has 4 aliphatic carbocycles. The summed E-state index contributed by atoms with van der Waals surface area (Å²) in [5.41, 5.74) is 4.72. The molecule has 0 bridgehead atoms. The highest BCUT2D eigenvalue weighted by molar-refractivity contribution is 7.89. The summed E-state index contributed by atoms with van der Waals surface area (Å²) in [6, 6.07) is 8.01. The molecule has 0 aromatic heterocycles. The number of carbonyl (C=O) groups is 1. The lowest BCUT2D eigenvalue weighted by Crippen LogP contribution is -2.51. The fraction of sp³-hybridized carbons (Fsp3) is 0.552. The number of allylic oxidation sites excluding steroid dienone is 4. The van der Waals surface area contributed by atoms with Gasteiger partial charge in [-0.1, -0.05) is 42.7 Å². The summed E-state index contributed by atoms with van der Waals surface area (Å²) in [5.74, 6) is 7.35. The predicted octanol–water partition coefficient (Wildman–Crippen LogP) is 4.89. The number of aliphatic hydroxyl groups is 1. The van der Waals surface area contributed by atoms with Crippen molar-refractivity contribution in [2.75, 3.05) is 6.26 Å². The first-order valence-corrected chi connectivity index (χ1v) is 14.5. The zero-order valence-corrected chi connectivity index (χ0v) is 21.2. The summed E-state index contributed by atoms with van der Waals surface area (Å²) >= 11 is 0. The van der Waals surface area contributed by atoms with Gasteiger partial charge in [-0.3, -0.25) is 4.79 Å². The van der Waals surface area contributed by atoms with E-state index in [0.29, 0.717) is 24.7 Å². The number of fused-ring (bicyclic) bond motifs is 4. The maximum atomic E-state index is 12.2. The second-order valence-electron chi connectivity index (χ2n) is 11.1. The van der Waals surface area contributed by atoms with Crippen LogP contribution in [0.25, 0.3) is 0 Å². The molecule has 1 N–H and O–H groups in total. The van der Waals surface area contributed by atoms with Gasteiger partial charge in [0.2, 0.25) is 0 Å². The van der Waals surface area contributed by atoms with Gasteiger partial charge < -0.3 is 5.11 Å². The third-order valence-electron chi connectivity index (χ3n) is 9.03. The van der Waals surface area contributed by atoms with Gasteiger partial charge in [-0.25, -0.2) is 8.42 Å². The van der Waals surface area contributed by atoms with Crippen LogP contribution in [-0.4, -0.2) is 31.2 Å². The molecule has 0 saturated heterocycles. The quantitative estimate of drug-likeness (QED) is 0.628. The van der Waals surface area contributed by atoms with Crippen LogP contribution in [0.5, 0.6) is 0 Å². The van der Waals surface area contributed by atoms with Gasteiger partial charge in [-0.15, -0.1) is 5.92 Å². The van der Waals surface area contributed by atoms with Gasteiger partial charge in [0.15, 0.2) is 15.6 Å². The van der Waals surface area contributed by atoms with Crippen molar-refractivity contribution in [2.45, 2.75) is 76.1 Å². The fourth-order valence-electron chi connectivity index (χ4n) is 7.53. The Morgan fingerprint density at radius 1 is 1.12 bits per heavy atom. The van der Waals surface area contributed by atoms with Crippen LogP contribution in [-0.2, 0) is 20.4 Å². The van der Waals surface area contributed by atoms with Crippen LogP contribution in [0.2, 0.25) is 0 Å². The van der Waals surface area contributed by atoms with Gasteiger partial charge >= 0.3 is 0 Å². The first kappa shape index (κ1) is 23.6. The number of hydrogen-bond donors (Lipinski definition) is 1. The molecule has 0 radical (unpaired) electrons. The molecule has 180 valence electrons. The summed E-state index contributed by atoms with van der Waals surface area (Å²) in [4.78, 5) is 12.2. The average molecular weight is 479 g/mol. The number of hydrogen-bond acceptors (Lipinski definition) is 4. The molecule has 2 fully saturated rings. The Hall–Kier alpha value is -2.16. The minimum atomic E-state index is -3.10. The minimum absolute atomic E-state index is 0.0369. The zero-order chi connectivity index (χ0) is 24.3. The van der Waals surface area contributed by atoms with Crippen LogP contribution >= 0.6 is 0 Å². The smallest absolute Gasteiger partial charge is 0.156 e. The average Bonchev–Trinajstić information content (AvgIpc) is 3.03. The van der Waals surface area contributed by atoms with Gasteiger partial charge in [0.05, 0.1) is 5.75 Å². The topological polar surface area (TPSA) is 71.4 Å². The summed E-state index contributed by atoms with van der Waals surface area (Å²) in [6.45, 7) is 4.04. The lowest BCUT2D eigenvalue weighted by atomic mass is 9.51. The number of ketones is 1. The molecule has 0 amide bonds. The molecular weight excluding hydrogens is 444 g/mol. The maximum Gasteiger partial charge on any atom is 0.156 e. The molecule has 34 heavy (non-hydrogen) atoms. The molecule has 2 saturated carbocycles. The molecular formula is C29H34O4S. The van der Waals surface area contributed by atoms with Crippen molar-refractivity contribution >= 4 is 15.6 Å². The number of benzene rings is 1. The lowest BCUT2D eigenvalue weighted by molar-refractivity contribution is -0.114. The van der Waals surface area contributed by atoms with Crippen molar-refractivity contribution in [1.29, 1.82) is 0 Å². The minimum Gasteiger partial charge on any atom is -0.377 e. The van der Waals surface area contributed by atoms with Crippen molar-refractivity contribution in [3.8, 4) is 11.8 Å². The SMILES string of the molecule is CC#C[C@]1(O)CC[C@H]2[C@@H]3CCC4=CC(=O)CCC4=C3[C@@H](c3ccc(CS(C)(=O)=O)cc3)C[C@@]21C. The summed E-state index contributed by atoms with van der Waals surface area (Å²) in [6.07, 6.45) is 8.94. The Balaban J connectivity index is 1.64. The number of rotatable bonds is 3. The zero-order valence-electron chi connectivity index (χ0n) is 20.4. The third kappa shape index (κ3) is 3.80. The Kier molecular flexibility index (Phi) is 5.69. The van der Waals surface area contributed by atoms with Gasteiger partial charge in [0.1, 0.15) is 5.60 Å². The monoisotopic (exact) mass is 478 g/mol. The summed E-state index contributed by atoms with van der Waals surface area (Å²) in [7, 11) is -3.10.